The normalized spacial score (nSPS) is 12.2. The highest BCUT2D eigenvalue weighted by Crippen LogP contribution is 2.14. The molecule has 0 radical (unpaired) electrons. The molecule has 0 aliphatic carbocycles. The molecule has 82 valence electrons. The average Bonchev–Trinajstić information content (AvgIpc) is 2.21. The van der Waals surface area contributed by atoms with Gasteiger partial charge in [0.15, 0.2) is 0 Å². The number of carbonyl (C=O) groups excluding carboxylic acids is 1. The van der Waals surface area contributed by atoms with Gasteiger partial charge in [-0.25, -0.2) is 0 Å². The van der Waals surface area contributed by atoms with Crippen molar-refractivity contribution in [2.45, 2.75) is 33.6 Å². The van der Waals surface area contributed by atoms with E-state index in [1.807, 2.05) is 31.2 Å². The van der Waals surface area contributed by atoms with Crippen LogP contribution in [-0.4, -0.2) is 5.97 Å². The Bertz CT molecular complexity index is 314. The number of benzene rings is 1. The molecule has 0 aliphatic rings. The van der Waals surface area contributed by atoms with Crippen molar-refractivity contribution < 1.29 is 9.53 Å². The Kier molecular flexibility index (Phi) is 4.35. The van der Waals surface area contributed by atoms with Crippen molar-refractivity contribution in [3.63, 3.8) is 0 Å². The zero-order valence-electron chi connectivity index (χ0n) is 9.62. The number of rotatable bonds is 4. The van der Waals surface area contributed by atoms with E-state index in [0.717, 1.165) is 12.0 Å². The Morgan fingerprint density at radius 1 is 1.33 bits per heavy atom. The summed E-state index contributed by atoms with van der Waals surface area (Å²) in [6.45, 7) is 6.13. The Morgan fingerprint density at radius 3 is 2.47 bits per heavy atom. The van der Waals surface area contributed by atoms with Crippen LogP contribution in [0.25, 0.3) is 0 Å². The summed E-state index contributed by atoms with van der Waals surface area (Å²) >= 11 is 0. The molecule has 0 fully saturated rings. The van der Waals surface area contributed by atoms with Gasteiger partial charge in [-0.1, -0.05) is 38.0 Å². The van der Waals surface area contributed by atoms with Crippen LogP contribution in [0.3, 0.4) is 0 Å². The topological polar surface area (TPSA) is 26.3 Å². The number of carbonyl (C=O) groups is 1. The second-order valence-electron chi connectivity index (χ2n) is 4.00. The van der Waals surface area contributed by atoms with Gasteiger partial charge in [0.1, 0.15) is 5.75 Å². The van der Waals surface area contributed by atoms with Crippen molar-refractivity contribution in [2.75, 3.05) is 0 Å². The molecular formula is C13H18O2. The van der Waals surface area contributed by atoms with Crippen molar-refractivity contribution in [1.29, 1.82) is 0 Å². The molecule has 1 aromatic rings. The lowest BCUT2D eigenvalue weighted by molar-refractivity contribution is -0.135. The van der Waals surface area contributed by atoms with Crippen LogP contribution in [-0.2, 0) is 4.79 Å². The monoisotopic (exact) mass is 206 g/mol. The Labute approximate surface area is 91.3 Å². The quantitative estimate of drug-likeness (QED) is 0.558. The molecule has 0 aromatic heterocycles. The minimum absolute atomic E-state index is 0.145. The van der Waals surface area contributed by atoms with Gasteiger partial charge in [-0.2, -0.15) is 0 Å². The maximum absolute atomic E-state index is 11.4. The first-order valence-corrected chi connectivity index (χ1v) is 5.39. The maximum atomic E-state index is 11.4. The van der Waals surface area contributed by atoms with Crippen LogP contribution < -0.4 is 4.74 Å². The molecule has 0 aliphatic heterocycles. The van der Waals surface area contributed by atoms with Gasteiger partial charge in [-0.3, -0.25) is 4.79 Å². The summed E-state index contributed by atoms with van der Waals surface area (Å²) < 4.78 is 5.20. The van der Waals surface area contributed by atoms with Crippen LogP contribution in [0.4, 0.5) is 0 Å². The fourth-order valence-corrected chi connectivity index (χ4v) is 1.21. The van der Waals surface area contributed by atoms with E-state index in [-0.39, 0.29) is 5.97 Å². The fraction of sp³-hybridized carbons (Fsp3) is 0.462. The van der Waals surface area contributed by atoms with E-state index in [1.165, 1.54) is 0 Å². The lowest BCUT2D eigenvalue weighted by Gasteiger charge is -2.08. The standard InChI is InChI=1S/C13H18O2/c1-4-10(2)9-13(14)15-12-7-5-11(3)6-8-12/h5-8,10H,4,9H2,1-3H3. The summed E-state index contributed by atoms with van der Waals surface area (Å²) in [7, 11) is 0. The van der Waals surface area contributed by atoms with E-state index in [9.17, 15) is 4.79 Å². The van der Waals surface area contributed by atoms with Crippen LogP contribution >= 0.6 is 0 Å². The molecule has 0 saturated carbocycles. The number of esters is 1. The van der Waals surface area contributed by atoms with Crippen molar-refractivity contribution >= 4 is 5.97 Å². The smallest absolute Gasteiger partial charge is 0.311 e. The number of aryl methyl sites for hydroxylation is 1. The Hall–Kier alpha value is -1.31. The molecule has 0 amide bonds. The molecule has 0 N–H and O–H groups in total. The third-order valence-corrected chi connectivity index (χ3v) is 2.46. The van der Waals surface area contributed by atoms with E-state index in [2.05, 4.69) is 13.8 Å². The molecule has 1 rings (SSSR count). The van der Waals surface area contributed by atoms with Gasteiger partial charge in [-0.05, 0) is 25.0 Å². The average molecular weight is 206 g/mol. The highest BCUT2D eigenvalue weighted by molar-refractivity contribution is 5.72. The van der Waals surface area contributed by atoms with Gasteiger partial charge in [0.25, 0.3) is 0 Å². The van der Waals surface area contributed by atoms with Crippen molar-refractivity contribution in [1.82, 2.24) is 0 Å². The summed E-state index contributed by atoms with van der Waals surface area (Å²) in [6.07, 6.45) is 1.49. The van der Waals surface area contributed by atoms with Crippen LogP contribution in [0.15, 0.2) is 24.3 Å². The number of ether oxygens (including phenoxy) is 1. The van der Waals surface area contributed by atoms with Crippen molar-refractivity contribution in [3.8, 4) is 5.75 Å². The van der Waals surface area contributed by atoms with E-state index in [1.54, 1.807) is 0 Å². The third-order valence-electron chi connectivity index (χ3n) is 2.46. The molecule has 1 atom stereocenters. The van der Waals surface area contributed by atoms with Gasteiger partial charge < -0.3 is 4.74 Å². The zero-order valence-corrected chi connectivity index (χ0v) is 9.62. The molecule has 0 spiro atoms. The molecule has 1 unspecified atom stereocenters. The lowest BCUT2D eigenvalue weighted by Crippen LogP contribution is -2.11. The molecule has 2 nitrogen and oxygen atoms in total. The molecular weight excluding hydrogens is 188 g/mol. The summed E-state index contributed by atoms with van der Waals surface area (Å²) in [6, 6.07) is 7.52. The first-order valence-electron chi connectivity index (χ1n) is 5.39. The predicted octanol–water partition coefficient (Wildman–Crippen LogP) is 3.34. The SMILES string of the molecule is CCC(C)CC(=O)Oc1ccc(C)cc1. The summed E-state index contributed by atoms with van der Waals surface area (Å²) in [5, 5.41) is 0. The van der Waals surface area contributed by atoms with E-state index < -0.39 is 0 Å². The predicted molar refractivity (Wildman–Crippen MR) is 60.9 cm³/mol. The van der Waals surface area contributed by atoms with Gasteiger partial charge in [0.05, 0.1) is 0 Å². The van der Waals surface area contributed by atoms with Gasteiger partial charge in [-0.15, -0.1) is 0 Å². The first-order chi connectivity index (χ1) is 7.11. The molecule has 1 aromatic carbocycles. The maximum Gasteiger partial charge on any atom is 0.311 e. The van der Waals surface area contributed by atoms with Gasteiger partial charge in [0.2, 0.25) is 0 Å². The Morgan fingerprint density at radius 2 is 1.93 bits per heavy atom. The summed E-state index contributed by atoms with van der Waals surface area (Å²) in [4.78, 5) is 11.4. The van der Waals surface area contributed by atoms with Crippen LogP contribution in [0, 0.1) is 12.8 Å². The van der Waals surface area contributed by atoms with Crippen molar-refractivity contribution in [2.24, 2.45) is 5.92 Å². The van der Waals surface area contributed by atoms with E-state index in [0.29, 0.717) is 18.1 Å². The zero-order chi connectivity index (χ0) is 11.3. The second-order valence-corrected chi connectivity index (χ2v) is 4.00. The Balaban J connectivity index is 2.48. The summed E-state index contributed by atoms with van der Waals surface area (Å²) in [5.74, 6) is 0.880. The molecule has 0 saturated heterocycles. The minimum Gasteiger partial charge on any atom is -0.427 e. The molecule has 15 heavy (non-hydrogen) atoms. The highest BCUT2D eigenvalue weighted by Gasteiger charge is 2.09. The van der Waals surface area contributed by atoms with Gasteiger partial charge in [0, 0.05) is 6.42 Å². The second kappa shape index (κ2) is 5.54. The first kappa shape index (κ1) is 11.8. The van der Waals surface area contributed by atoms with Crippen molar-refractivity contribution in [3.05, 3.63) is 29.8 Å². The minimum atomic E-state index is -0.145. The number of hydrogen-bond acceptors (Lipinski definition) is 2. The lowest BCUT2D eigenvalue weighted by atomic mass is 10.1. The number of hydrogen-bond donors (Lipinski definition) is 0. The van der Waals surface area contributed by atoms with E-state index in [4.69, 9.17) is 4.74 Å². The highest BCUT2D eigenvalue weighted by atomic mass is 16.5. The van der Waals surface area contributed by atoms with Crippen LogP contribution in [0.2, 0.25) is 0 Å². The summed E-state index contributed by atoms with van der Waals surface area (Å²) in [5.41, 5.74) is 1.16. The third kappa shape index (κ3) is 4.15. The van der Waals surface area contributed by atoms with E-state index >= 15 is 0 Å². The van der Waals surface area contributed by atoms with Crippen LogP contribution in [0.1, 0.15) is 32.3 Å². The van der Waals surface area contributed by atoms with Gasteiger partial charge >= 0.3 is 5.97 Å². The van der Waals surface area contributed by atoms with Crippen LogP contribution in [0.5, 0.6) is 5.75 Å². The largest absolute Gasteiger partial charge is 0.427 e. The molecule has 0 heterocycles. The fourth-order valence-electron chi connectivity index (χ4n) is 1.21. The molecule has 2 heteroatoms. The molecule has 0 bridgehead atoms.